The molecule has 5 nitrogen and oxygen atoms in total. The maximum absolute atomic E-state index is 12.7. The first kappa shape index (κ1) is 16.7. The summed E-state index contributed by atoms with van der Waals surface area (Å²) in [4.78, 5) is 13.2. The van der Waals surface area contributed by atoms with Crippen molar-refractivity contribution in [3.8, 4) is 5.75 Å². The molecule has 1 amide bonds. The lowest BCUT2D eigenvalue weighted by molar-refractivity contribution is -0.127. The third-order valence-electron chi connectivity index (χ3n) is 3.38. The predicted molar refractivity (Wildman–Crippen MR) is 76.1 cm³/mol. The molecule has 0 N–H and O–H groups in total. The van der Waals surface area contributed by atoms with Crippen molar-refractivity contribution >= 4 is 16.1 Å². The number of carbonyl (C=O) groups excluding carboxylic acids is 1. The van der Waals surface area contributed by atoms with E-state index < -0.39 is 21.9 Å². The first-order valence-corrected chi connectivity index (χ1v) is 8.47. The Labute approximate surface area is 128 Å². The minimum absolute atomic E-state index is 0.0575. The monoisotopic (exact) mass is 333 g/mol. The van der Waals surface area contributed by atoms with Crippen LogP contribution in [0, 0.1) is 11.7 Å². The molecular formula is C14H17F2NO4S. The number of likely N-dealkylation sites (tertiary alicyclic amines) is 1. The third-order valence-corrected chi connectivity index (χ3v) is 4.25. The first-order chi connectivity index (χ1) is 10.3. The second kappa shape index (κ2) is 7.04. The summed E-state index contributed by atoms with van der Waals surface area (Å²) in [6, 6.07) is 5.61. The van der Waals surface area contributed by atoms with Crippen molar-refractivity contribution in [2.75, 3.05) is 25.4 Å². The summed E-state index contributed by atoms with van der Waals surface area (Å²) >= 11 is 0. The summed E-state index contributed by atoms with van der Waals surface area (Å²) in [5.41, 5.74) is 0. The van der Waals surface area contributed by atoms with E-state index in [4.69, 9.17) is 4.74 Å². The molecular weight excluding hydrogens is 316 g/mol. The van der Waals surface area contributed by atoms with Crippen LogP contribution in [0.15, 0.2) is 24.3 Å². The molecule has 1 fully saturated rings. The normalized spacial score (nSPS) is 18.7. The Morgan fingerprint density at radius 3 is 2.59 bits per heavy atom. The van der Waals surface area contributed by atoms with Crippen LogP contribution >= 0.6 is 0 Å². The highest BCUT2D eigenvalue weighted by Crippen LogP contribution is 2.20. The van der Waals surface area contributed by atoms with Crippen LogP contribution in [0.4, 0.5) is 8.28 Å². The maximum atomic E-state index is 12.7. The topological polar surface area (TPSA) is 63.7 Å². The van der Waals surface area contributed by atoms with E-state index in [-0.39, 0.29) is 24.7 Å². The van der Waals surface area contributed by atoms with Gasteiger partial charge in [0.2, 0.25) is 5.91 Å². The highest BCUT2D eigenvalue weighted by atomic mass is 32.3. The van der Waals surface area contributed by atoms with E-state index in [1.54, 1.807) is 0 Å². The highest BCUT2D eigenvalue weighted by molar-refractivity contribution is 7.86. The number of amides is 1. The van der Waals surface area contributed by atoms with Crippen molar-refractivity contribution < 1.29 is 26.2 Å². The Balaban J connectivity index is 1.71. The van der Waals surface area contributed by atoms with E-state index in [1.807, 2.05) is 0 Å². The summed E-state index contributed by atoms with van der Waals surface area (Å²) in [5, 5.41) is 0. The van der Waals surface area contributed by atoms with Gasteiger partial charge in [0.05, 0.1) is 12.4 Å². The molecule has 0 spiro atoms. The van der Waals surface area contributed by atoms with Crippen molar-refractivity contribution in [3.63, 3.8) is 0 Å². The Hall–Kier alpha value is -1.70. The maximum Gasteiger partial charge on any atom is 0.302 e. The molecule has 1 aromatic carbocycles. The van der Waals surface area contributed by atoms with Crippen molar-refractivity contribution in [1.29, 1.82) is 0 Å². The van der Waals surface area contributed by atoms with Gasteiger partial charge in [-0.2, -0.15) is 8.42 Å². The molecule has 8 heteroatoms. The number of rotatable bonds is 7. The Kier molecular flexibility index (Phi) is 5.33. The summed E-state index contributed by atoms with van der Waals surface area (Å²) in [6.07, 6.45) is 0.611. The van der Waals surface area contributed by atoms with Gasteiger partial charge in [-0.1, -0.05) is 0 Å². The smallest absolute Gasteiger partial charge is 0.302 e. The molecule has 22 heavy (non-hydrogen) atoms. The molecule has 1 aromatic rings. The van der Waals surface area contributed by atoms with Crippen molar-refractivity contribution in [3.05, 3.63) is 30.1 Å². The first-order valence-electron chi connectivity index (χ1n) is 6.92. The van der Waals surface area contributed by atoms with Crippen LogP contribution in [-0.4, -0.2) is 44.7 Å². The third kappa shape index (κ3) is 5.25. The lowest BCUT2D eigenvalue weighted by Gasteiger charge is -2.16. The van der Waals surface area contributed by atoms with Crippen molar-refractivity contribution in [1.82, 2.24) is 4.90 Å². The van der Waals surface area contributed by atoms with Gasteiger partial charge in [0.15, 0.2) is 0 Å². The predicted octanol–water partition coefficient (Wildman–Crippen LogP) is 1.74. The quantitative estimate of drug-likeness (QED) is 0.563. The van der Waals surface area contributed by atoms with Crippen LogP contribution in [0.3, 0.4) is 0 Å². The van der Waals surface area contributed by atoms with E-state index in [2.05, 4.69) is 0 Å². The molecule has 0 aliphatic carbocycles. The van der Waals surface area contributed by atoms with Crippen LogP contribution in [0.2, 0.25) is 0 Å². The lowest BCUT2D eigenvalue weighted by atomic mass is 10.1. The molecule has 1 aliphatic heterocycles. The number of hydrogen-bond acceptors (Lipinski definition) is 4. The highest BCUT2D eigenvalue weighted by Gasteiger charge is 2.32. The van der Waals surface area contributed by atoms with Gasteiger partial charge in [-0.3, -0.25) is 4.79 Å². The zero-order valence-electron chi connectivity index (χ0n) is 11.9. The molecule has 1 saturated heterocycles. The minimum Gasteiger partial charge on any atom is -0.494 e. The van der Waals surface area contributed by atoms with Crippen LogP contribution in [0.1, 0.15) is 12.8 Å². The van der Waals surface area contributed by atoms with Gasteiger partial charge < -0.3 is 9.64 Å². The van der Waals surface area contributed by atoms with E-state index >= 15 is 0 Å². The Morgan fingerprint density at radius 1 is 1.27 bits per heavy atom. The molecule has 0 aromatic heterocycles. The minimum atomic E-state index is -4.55. The number of ether oxygens (including phenoxy) is 1. The van der Waals surface area contributed by atoms with Crippen molar-refractivity contribution in [2.24, 2.45) is 5.92 Å². The SMILES string of the molecule is O=C1CC(CS(=O)(=O)F)CN1CCCOc1ccc(F)cc1. The van der Waals surface area contributed by atoms with E-state index in [0.29, 0.717) is 25.3 Å². The second-order valence-electron chi connectivity index (χ2n) is 5.27. The summed E-state index contributed by atoms with van der Waals surface area (Å²) in [7, 11) is -4.55. The number of hydrogen-bond donors (Lipinski definition) is 0. The molecule has 1 atom stereocenters. The van der Waals surface area contributed by atoms with Gasteiger partial charge in [0, 0.05) is 25.4 Å². The number of nitrogens with zero attached hydrogens (tertiary/aromatic N) is 1. The van der Waals surface area contributed by atoms with Gasteiger partial charge in [0.25, 0.3) is 0 Å². The molecule has 0 saturated carbocycles. The number of halogens is 2. The zero-order chi connectivity index (χ0) is 16.2. The van der Waals surface area contributed by atoms with Gasteiger partial charge in [-0.25, -0.2) is 4.39 Å². The average molecular weight is 333 g/mol. The van der Waals surface area contributed by atoms with Crippen LogP contribution in [0.5, 0.6) is 5.75 Å². The number of carbonyl (C=O) groups is 1. The van der Waals surface area contributed by atoms with Gasteiger partial charge >= 0.3 is 10.2 Å². The van der Waals surface area contributed by atoms with E-state index in [0.717, 1.165) is 0 Å². The van der Waals surface area contributed by atoms with Crippen molar-refractivity contribution in [2.45, 2.75) is 12.8 Å². The van der Waals surface area contributed by atoms with Gasteiger partial charge in [0.1, 0.15) is 11.6 Å². The second-order valence-corrected chi connectivity index (χ2v) is 6.68. The van der Waals surface area contributed by atoms with E-state index in [9.17, 15) is 21.5 Å². The zero-order valence-corrected chi connectivity index (χ0v) is 12.7. The Morgan fingerprint density at radius 2 is 1.95 bits per heavy atom. The molecule has 1 aliphatic rings. The fraction of sp³-hybridized carbons (Fsp3) is 0.500. The van der Waals surface area contributed by atoms with E-state index in [1.165, 1.54) is 29.2 Å². The molecule has 0 bridgehead atoms. The largest absolute Gasteiger partial charge is 0.494 e. The fourth-order valence-electron chi connectivity index (χ4n) is 2.44. The molecule has 122 valence electrons. The van der Waals surface area contributed by atoms with Crippen LogP contribution < -0.4 is 4.74 Å². The van der Waals surface area contributed by atoms with Gasteiger partial charge in [-0.15, -0.1) is 3.89 Å². The summed E-state index contributed by atoms with van der Waals surface area (Å²) in [6.45, 7) is 1.02. The Bertz CT molecular complexity index is 618. The molecule has 0 radical (unpaired) electrons. The van der Waals surface area contributed by atoms with Crippen LogP contribution in [0.25, 0.3) is 0 Å². The lowest BCUT2D eigenvalue weighted by Crippen LogP contribution is -2.28. The molecule has 2 rings (SSSR count). The number of benzene rings is 1. The summed E-state index contributed by atoms with van der Waals surface area (Å²) in [5.74, 6) is -1.07. The average Bonchev–Trinajstić information content (AvgIpc) is 2.74. The van der Waals surface area contributed by atoms with Crippen LogP contribution in [-0.2, 0) is 15.0 Å². The standard InChI is InChI=1S/C14H17F2NO4S/c15-12-2-4-13(5-3-12)21-7-1-6-17-9-11(8-14(17)18)10-22(16,19)20/h2-5,11H,1,6-10H2. The fourth-order valence-corrected chi connectivity index (χ4v) is 3.23. The van der Waals surface area contributed by atoms with Gasteiger partial charge in [-0.05, 0) is 30.7 Å². The molecule has 1 unspecified atom stereocenters. The summed E-state index contributed by atoms with van der Waals surface area (Å²) < 4.78 is 51.9. The molecule has 1 heterocycles.